The molecular formula is C12H15FN2O. The molecule has 4 heteroatoms. The molecular weight excluding hydrogens is 207 g/mol. The van der Waals surface area contributed by atoms with Gasteiger partial charge in [0, 0.05) is 19.3 Å². The van der Waals surface area contributed by atoms with Gasteiger partial charge in [-0.1, -0.05) is 0 Å². The van der Waals surface area contributed by atoms with E-state index in [-0.39, 0.29) is 11.5 Å². The standard InChI is InChI=1S/C12H15FN2O/c1-2-15(8-9-5-6-9)12(16)10-4-3-7-14-11(10)13/h3-4,7,9H,2,5-6,8H2,1H3. The molecule has 1 aliphatic rings. The largest absolute Gasteiger partial charge is 0.339 e. The van der Waals surface area contributed by atoms with Crippen LogP contribution in [0.5, 0.6) is 0 Å². The molecule has 0 atom stereocenters. The third-order valence-corrected chi connectivity index (χ3v) is 2.83. The number of nitrogens with zero attached hydrogens (tertiary/aromatic N) is 2. The van der Waals surface area contributed by atoms with Crippen molar-refractivity contribution >= 4 is 5.91 Å². The molecule has 2 rings (SSSR count). The summed E-state index contributed by atoms with van der Waals surface area (Å²) in [6, 6.07) is 3.07. The summed E-state index contributed by atoms with van der Waals surface area (Å²) in [4.78, 5) is 17.2. The maximum absolute atomic E-state index is 13.3. The SMILES string of the molecule is CCN(CC1CC1)C(=O)c1cccnc1F. The van der Waals surface area contributed by atoms with Crippen molar-refractivity contribution in [2.75, 3.05) is 13.1 Å². The van der Waals surface area contributed by atoms with E-state index in [0.29, 0.717) is 12.5 Å². The van der Waals surface area contributed by atoms with Gasteiger partial charge in [0.2, 0.25) is 5.95 Å². The number of carbonyl (C=O) groups is 1. The molecule has 0 unspecified atom stereocenters. The zero-order valence-corrected chi connectivity index (χ0v) is 9.32. The van der Waals surface area contributed by atoms with Crippen LogP contribution in [0.25, 0.3) is 0 Å². The normalized spacial score (nSPS) is 14.9. The molecule has 0 bridgehead atoms. The summed E-state index contributed by atoms with van der Waals surface area (Å²) in [5, 5.41) is 0. The Bertz CT molecular complexity index is 390. The Morgan fingerprint density at radius 3 is 2.94 bits per heavy atom. The van der Waals surface area contributed by atoms with Gasteiger partial charge in [-0.2, -0.15) is 4.39 Å². The van der Waals surface area contributed by atoms with Crippen LogP contribution in [-0.4, -0.2) is 28.9 Å². The molecule has 0 spiro atoms. The third-order valence-electron chi connectivity index (χ3n) is 2.83. The molecule has 1 heterocycles. The van der Waals surface area contributed by atoms with Gasteiger partial charge in [0.1, 0.15) is 0 Å². The zero-order valence-electron chi connectivity index (χ0n) is 9.32. The van der Waals surface area contributed by atoms with Crippen LogP contribution in [0.1, 0.15) is 30.1 Å². The maximum Gasteiger partial charge on any atom is 0.258 e. The number of amides is 1. The van der Waals surface area contributed by atoms with Gasteiger partial charge in [-0.25, -0.2) is 4.98 Å². The minimum Gasteiger partial charge on any atom is -0.339 e. The molecule has 1 aliphatic carbocycles. The van der Waals surface area contributed by atoms with Crippen molar-refractivity contribution in [1.29, 1.82) is 0 Å². The average Bonchev–Trinajstić information content (AvgIpc) is 3.09. The summed E-state index contributed by atoms with van der Waals surface area (Å²) in [7, 11) is 0. The molecule has 1 saturated carbocycles. The van der Waals surface area contributed by atoms with Gasteiger partial charge in [0.05, 0.1) is 5.56 Å². The highest BCUT2D eigenvalue weighted by atomic mass is 19.1. The molecule has 0 radical (unpaired) electrons. The quantitative estimate of drug-likeness (QED) is 0.731. The predicted molar refractivity (Wildman–Crippen MR) is 58.5 cm³/mol. The van der Waals surface area contributed by atoms with Gasteiger partial charge >= 0.3 is 0 Å². The van der Waals surface area contributed by atoms with Crippen molar-refractivity contribution in [3.05, 3.63) is 29.8 Å². The maximum atomic E-state index is 13.3. The van der Waals surface area contributed by atoms with E-state index in [0.717, 1.165) is 6.54 Å². The molecule has 0 aromatic carbocycles. The van der Waals surface area contributed by atoms with Crippen molar-refractivity contribution in [1.82, 2.24) is 9.88 Å². The van der Waals surface area contributed by atoms with Crippen LogP contribution in [0.4, 0.5) is 4.39 Å². The Hall–Kier alpha value is -1.45. The Morgan fingerprint density at radius 1 is 1.62 bits per heavy atom. The molecule has 0 saturated heterocycles. The van der Waals surface area contributed by atoms with Gasteiger partial charge in [-0.15, -0.1) is 0 Å². The molecule has 1 aromatic heterocycles. The second kappa shape index (κ2) is 4.60. The molecule has 0 N–H and O–H groups in total. The fraction of sp³-hybridized carbons (Fsp3) is 0.500. The summed E-state index contributed by atoms with van der Waals surface area (Å²) >= 11 is 0. The van der Waals surface area contributed by atoms with Crippen LogP contribution in [0.15, 0.2) is 18.3 Å². The van der Waals surface area contributed by atoms with Crippen molar-refractivity contribution in [3.63, 3.8) is 0 Å². The molecule has 3 nitrogen and oxygen atoms in total. The van der Waals surface area contributed by atoms with Gasteiger partial charge in [-0.3, -0.25) is 4.79 Å². The lowest BCUT2D eigenvalue weighted by Gasteiger charge is -2.20. The van der Waals surface area contributed by atoms with Crippen molar-refractivity contribution in [3.8, 4) is 0 Å². The van der Waals surface area contributed by atoms with Crippen LogP contribution in [0, 0.1) is 11.9 Å². The van der Waals surface area contributed by atoms with Crippen molar-refractivity contribution in [2.45, 2.75) is 19.8 Å². The number of rotatable bonds is 4. The van der Waals surface area contributed by atoms with Gasteiger partial charge in [-0.05, 0) is 37.8 Å². The minimum atomic E-state index is -0.679. The first-order chi connectivity index (χ1) is 7.72. The topological polar surface area (TPSA) is 33.2 Å². The fourth-order valence-corrected chi connectivity index (χ4v) is 1.68. The number of carbonyl (C=O) groups excluding carboxylic acids is 1. The summed E-state index contributed by atoms with van der Waals surface area (Å²) in [5.41, 5.74) is 0.0741. The summed E-state index contributed by atoms with van der Waals surface area (Å²) in [6.45, 7) is 3.27. The Labute approximate surface area is 94.3 Å². The Kier molecular flexibility index (Phi) is 3.17. The third kappa shape index (κ3) is 2.38. The fourth-order valence-electron chi connectivity index (χ4n) is 1.68. The van der Waals surface area contributed by atoms with Crippen LogP contribution >= 0.6 is 0 Å². The van der Waals surface area contributed by atoms with Crippen molar-refractivity contribution in [2.24, 2.45) is 5.92 Å². The van der Waals surface area contributed by atoms with Gasteiger partial charge in [0.15, 0.2) is 0 Å². The van der Waals surface area contributed by atoms with E-state index in [1.807, 2.05) is 6.92 Å². The highest BCUT2D eigenvalue weighted by Gasteiger charge is 2.27. The monoisotopic (exact) mass is 222 g/mol. The minimum absolute atomic E-state index is 0.0741. The first-order valence-electron chi connectivity index (χ1n) is 5.62. The van der Waals surface area contributed by atoms with Crippen LogP contribution in [-0.2, 0) is 0 Å². The van der Waals surface area contributed by atoms with E-state index in [2.05, 4.69) is 4.98 Å². The summed E-state index contributed by atoms with van der Waals surface area (Å²) in [6.07, 6.45) is 3.71. The lowest BCUT2D eigenvalue weighted by atomic mass is 10.2. The summed E-state index contributed by atoms with van der Waals surface area (Å²) in [5.74, 6) is -0.314. The molecule has 1 aromatic rings. The highest BCUT2D eigenvalue weighted by Crippen LogP contribution is 2.30. The number of halogens is 1. The summed E-state index contributed by atoms with van der Waals surface area (Å²) < 4.78 is 13.3. The lowest BCUT2D eigenvalue weighted by Crippen LogP contribution is -2.33. The highest BCUT2D eigenvalue weighted by molar-refractivity contribution is 5.94. The molecule has 16 heavy (non-hydrogen) atoms. The predicted octanol–water partition coefficient (Wildman–Crippen LogP) is 2.09. The number of aromatic nitrogens is 1. The second-order valence-corrected chi connectivity index (χ2v) is 4.13. The van der Waals surface area contributed by atoms with E-state index in [1.54, 1.807) is 11.0 Å². The molecule has 0 aliphatic heterocycles. The molecule has 1 amide bonds. The Morgan fingerprint density at radius 2 is 2.38 bits per heavy atom. The van der Waals surface area contributed by atoms with Gasteiger partial charge < -0.3 is 4.90 Å². The molecule has 86 valence electrons. The van der Waals surface area contributed by atoms with E-state index in [1.165, 1.54) is 25.1 Å². The van der Waals surface area contributed by atoms with Gasteiger partial charge in [0.25, 0.3) is 5.91 Å². The van der Waals surface area contributed by atoms with Crippen LogP contribution in [0.3, 0.4) is 0 Å². The average molecular weight is 222 g/mol. The Balaban J connectivity index is 2.12. The second-order valence-electron chi connectivity index (χ2n) is 4.13. The zero-order chi connectivity index (χ0) is 11.5. The lowest BCUT2D eigenvalue weighted by molar-refractivity contribution is 0.0751. The number of pyridine rings is 1. The van der Waals surface area contributed by atoms with E-state index >= 15 is 0 Å². The van der Waals surface area contributed by atoms with E-state index in [9.17, 15) is 9.18 Å². The van der Waals surface area contributed by atoms with E-state index < -0.39 is 5.95 Å². The molecule has 1 fully saturated rings. The van der Waals surface area contributed by atoms with Crippen molar-refractivity contribution < 1.29 is 9.18 Å². The first-order valence-corrected chi connectivity index (χ1v) is 5.62. The number of hydrogen-bond acceptors (Lipinski definition) is 2. The van der Waals surface area contributed by atoms with E-state index in [4.69, 9.17) is 0 Å². The smallest absolute Gasteiger partial charge is 0.258 e. The number of hydrogen-bond donors (Lipinski definition) is 0. The van der Waals surface area contributed by atoms with Crippen LogP contribution in [0.2, 0.25) is 0 Å². The van der Waals surface area contributed by atoms with Crippen LogP contribution < -0.4 is 0 Å². The first kappa shape index (κ1) is 11.0.